The van der Waals surface area contributed by atoms with Gasteiger partial charge in [0.2, 0.25) is 0 Å². The van der Waals surface area contributed by atoms with E-state index in [9.17, 15) is 13.2 Å². The Morgan fingerprint density at radius 3 is 2.65 bits per heavy atom. The average Bonchev–Trinajstić information content (AvgIpc) is 2.39. The first-order valence-electron chi connectivity index (χ1n) is 5.44. The van der Waals surface area contributed by atoms with Gasteiger partial charge in [0.25, 0.3) is 0 Å². The van der Waals surface area contributed by atoms with Crippen molar-refractivity contribution in [1.29, 1.82) is 0 Å². The smallest absolute Gasteiger partial charge is 0.196 e. The second kappa shape index (κ2) is 6.06. The van der Waals surface area contributed by atoms with Crippen molar-refractivity contribution in [1.82, 2.24) is 9.97 Å². The van der Waals surface area contributed by atoms with Gasteiger partial charge in [0.1, 0.15) is 17.6 Å². The lowest BCUT2D eigenvalue weighted by atomic mass is 10.3. The summed E-state index contributed by atoms with van der Waals surface area (Å²) in [5, 5.41) is 2.62. The first kappa shape index (κ1) is 14.5. The molecule has 0 fully saturated rings. The highest BCUT2D eigenvalue weighted by molar-refractivity contribution is 6.29. The number of nitrogens with one attached hydrogen (secondary N) is 1. The summed E-state index contributed by atoms with van der Waals surface area (Å²) >= 11 is 5.77. The molecular formula is C12H9ClF3N3O. The van der Waals surface area contributed by atoms with Gasteiger partial charge in [0.15, 0.2) is 23.3 Å². The fraction of sp³-hybridized carbons (Fsp3) is 0.167. The van der Waals surface area contributed by atoms with E-state index >= 15 is 0 Å². The zero-order valence-corrected chi connectivity index (χ0v) is 11.0. The highest BCUT2D eigenvalue weighted by Crippen LogP contribution is 2.23. The van der Waals surface area contributed by atoms with Crippen LogP contribution < -0.4 is 5.32 Å². The average molecular weight is 304 g/mol. The predicted octanol–water partition coefficient (Wildman–Crippen LogP) is 3.44. The van der Waals surface area contributed by atoms with Crippen molar-refractivity contribution >= 4 is 23.1 Å². The molecule has 0 saturated heterocycles. The number of aromatic nitrogens is 2. The monoisotopic (exact) mass is 303 g/mol. The highest BCUT2D eigenvalue weighted by Gasteiger charge is 2.14. The second-order valence-corrected chi connectivity index (χ2v) is 4.16. The van der Waals surface area contributed by atoms with E-state index in [1.807, 2.05) is 0 Å². The molecule has 0 amide bonds. The number of halogens is 4. The highest BCUT2D eigenvalue weighted by atomic mass is 35.5. The quantitative estimate of drug-likeness (QED) is 0.694. The zero-order valence-electron chi connectivity index (χ0n) is 10.3. The minimum absolute atomic E-state index is 0.107. The van der Waals surface area contributed by atoms with Crippen molar-refractivity contribution in [2.24, 2.45) is 0 Å². The molecule has 1 aromatic heterocycles. The van der Waals surface area contributed by atoms with Gasteiger partial charge in [-0.05, 0) is 12.1 Å². The van der Waals surface area contributed by atoms with Gasteiger partial charge in [0.05, 0.1) is 5.69 Å². The van der Waals surface area contributed by atoms with Gasteiger partial charge in [0, 0.05) is 13.2 Å². The molecule has 1 N–H and O–H groups in total. The maximum Gasteiger partial charge on any atom is 0.196 e. The lowest BCUT2D eigenvalue weighted by Gasteiger charge is -2.09. The molecule has 0 spiro atoms. The van der Waals surface area contributed by atoms with Gasteiger partial charge in [-0.15, -0.1) is 0 Å². The minimum Gasteiger partial charge on any atom is -0.377 e. The fourth-order valence-electron chi connectivity index (χ4n) is 1.48. The summed E-state index contributed by atoms with van der Waals surface area (Å²) in [6, 6.07) is 3.18. The van der Waals surface area contributed by atoms with Crippen LogP contribution in [0.1, 0.15) is 5.82 Å². The van der Waals surface area contributed by atoms with Crippen LogP contribution in [0.3, 0.4) is 0 Å². The maximum atomic E-state index is 13.5. The van der Waals surface area contributed by atoms with Crippen LogP contribution in [0.5, 0.6) is 0 Å². The van der Waals surface area contributed by atoms with E-state index in [1.165, 1.54) is 13.2 Å². The summed E-state index contributed by atoms with van der Waals surface area (Å²) in [7, 11) is 1.45. The van der Waals surface area contributed by atoms with Crippen molar-refractivity contribution in [3.63, 3.8) is 0 Å². The lowest BCUT2D eigenvalue weighted by Crippen LogP contribution is -2.04. The molecule has 0 atom stereocenters. The predicted molar refractivity (Wildman–Crippen MR) is 67.4 cm³/mol. The summed E-state index contributed by atoms with van der Waals surface area (Å²) in [5.41, 5.74) is -0.262. The molecule has 1 heterocycles. The molecule has 0 aliphatic rings. The fourth-order valence-corrected chi connectivity index (χ4v) is 1.68. The summed E-state index contributed by atoms with van der Waals surface area (Å²) < 4.78 is 44.3. The van der Waals surface area contributed by atoms with E-state index in [0.717, 1.165) is 12.1 Å². The Hall–Kier alpha value is -1.86. The van der Waals surface area contributed by atoms with Crippen LogP contribution in [0.2, 0.25) is 5.15 Å². The van der Waals surface area contributed by atoms with Crippen LogP contribution in [0.25, 0.3) is 0 Å². The van der Waals surface area contributed by atoms with E-state index in [1.54, 1.807) is 0 Å². The molecule has 2 rings (SSSR count). The zero-order chi connectivity index (χ0) is 14.7. The summed E-state index contributed by atoms with van der Waals surface area (Å²) in [4.78, 5) is 7.88. The SMILES string of the molecule is COCc1nc(Cl)cc(Nc2ccc(F)c(F)c2F)n1. The van der Waals surface area contributed by atoms with Crippen LogP contribution in [0, 0.1) is 17.5 Å². The van der Waals surface area contributed by atoms with Gasteiger partial charge in [-0.3, -0.25) is 0 Å². The number of anilines is 2. The number of benzene rings is 1. The van der Waals surface area contributed by atoms with Crippen molar-refractivity contribution in [3.8, 4) is 0 Å². The Labute approximate surface area is 117 Å². The molecule has 4 nitrogen and oxygen atoms in total. The third-order valence-corrected chi connectivity index (χ3v) is 2.51. The number of rotatable bonds is 4. The Bertz CT molecular complexity index is 640. The lowest BCUT2D eigenvalue weighted by molar-refractivity contribution is 0.178. The number of nitrogens with zero attached hydrogens (tertiary/aromatic N) is 2. The molecule has 8 heteroatoms. The Morgan fingerprint density at radius 1 is 1.20 bits per heavy atom. The molecule has 0 aliphatic heterocycles. The van der Waals surface area contributed by atoms with Crippen molar-refractivity contribution in [2.75, 3.05) is 12.4 Å². The Balaban J connectivity index is 2.32. The van der Waals surface area contributed by atoms with Gasteiger partial charge in [-0.1, -0.05) is 11.6 Å². The molecular weight excluding hydrogens is 295 g/mol. The number of hydrogen-bond acceptors (Lipinski definition) is 4. The van der Waals surface area contributed by atoms with E-state index < -0.39 is 17.5 Å². The third kappa shape index (κ3) is 3.17. The minimum atomic E-state index is -1.56. The topological polar surface area (TPSA) is 47.0 Å². The molecule has 106 valence electrons. The molecule has 0 unspecified atom stereocenters. The van der Waals surface area contributed by atoms with Crippen LogP contribution in [-0.2, 0) is 11.3 Å². The molecule has 2 aromatic rings. The van der Waals surface area contributed by atoms with E-state index in [0.29, 0.717) is 0 Å². The number of hydrogen-bond donors (Lipinski definition) is 1. The van der Waals surface area contributed by atoms with Gasteiger partial charge >= 0.3 is 0 Å². The van der Waals surface area contributed by atoms with Crippen LogP contribution in [-0.4, -0.2) is 17.1 Å². The normalized spacial score (nSPS) is 10.7. The van der Waals surface area contributed by atoms with E-state index in [-0.39, 0.29) is 29.1 Å². The van der Waals surface area contributed by atoms with Crippen molar-refractivity contribution in [3.05, 3.63) is 46.6 Å². The first-order valence-corrected chi connectivity index (χ1v) is 5.82. The van der Waals surface area contributed by atoms with Crippen molar-refractivity contribution in [2.45, 2.75) is 6.61 Å². The molecule has 1 aromatic carbocycles. The second-order valence-electron chi connectivity index (χ2n) is 3.77. The van der Waals surface area contributed by atoms with Gasteiger partial charge < -0.3 is 10.1 Å². The number of methoxy groups -OCH3 is 1. The van der Waals surface area contributed by atoms with Crippen LogP contribution in [0.4, 0.5) is 24.7 Å². The third-order valence-electron chi connectivity index (χ3n) is 2.31. The molecule has 0 saturated carbocycles. The van der Waals surface area contributed by atoms with Crippen LogP contribution in [0.15, 0.2) is 18.2 Å². The van der Waals surface area contributed by atoms with Crippen LogP contribution >= 0.6 is 11.6 Å². The maximum absolute atomic E-state index is 13.5. The van der Waals surface area contributed by atoms with E-state index in [4.69, 9.17) is 16.3 Å². The standard InChI is InChI=1S/C12H9ClF3N3O/c1-20-5-10-18-8(13)4-9(19-10)17-7-3-2-6(14)11(15)12(7)16/h2-4H,5H2,1H3,(H,17,18,19). The first-order chi connectivity index (χ1) is 9.51. The number of ether oxygens (including phenoxy) is 1. The largest absolute Gasteiger partial charge is 0.377 e. The molecule has 0 aliphatic carbocycles. The Morgan fingerprint density at radius 2 is 1.95 bits per heavy atom. The molecule has 20 heavy (non-hydrogen) atoms. The summed E-state index contributed by atoms with van der Waals surface area (Å²) in [5.74, 6) is -3.76. The van der Waals surface area contributed by atoms with E-state index in [2.05, 4.69) is 15.3 Å². The summed E-state index contributed by atoms with van der Waals surface area (Å²) in [6.45, 7) is 0.107. The molecule has 0 radical (unpaired) electrons. The Kier molecular flexibility index (Phi) is 4.41. The summed E-state index contributed by atoms with van der Waals surface area (Å²) in [6.07, 6.45) is 0. The van der Waals surface area contributed by atoms with Crippen molar-refractivity contribution < 1.29 is 17.9 Å². The van der Waals surface area contributed by atoms with Gasteiger partial charge in [-0.2, -0.15) is 0 Å². The van der Waals surface area contributed by atoms with Gasteiger partial charge in [-0.25, -0.2) is 23.1 Å². The molecule has 0 bridgehead atoms.